The number of carbonyl (C=O) groups excluding carboxylic acids is 1. The van der Waals surface area contributed by atoms with Gasteiger partial charge in [0, 0.05) is 22.9 Å². The van der Waals surface area contributed by atoms with Crippen molar-refractivity contribution in [1.82, 2.24) is 0 Å². The first-order valence-corrected chi connectivity index (χ1v) is 6.43. The molecule has 0 bridgehead atoms. The maximum absolute atomic E-state index is 12.3. The van der Waals surface area contributed by atoms with E-state index in [1.54, 1.807) is 0 Å². The van der Waals surface area contributed by atoms with Crippen molar-refractivity contribution in [3.05, 3.63) is 34.9 Å². The number of ketones is 1. The Bertz CT molecular complexity index is 432. The molecule has 0 heterocycles. The van der Waals surface area contributed by atoms with Crippen molar-refractivity contribution < 1.29 is 4.79 Å². The van der Waals surface area contributed by atoms with Crippen LogP contribution in [0.15, 0.2) is 24.3 Å². The first-order valence-electron chi connectivity index (χ1n) is 6.06. The molecule has 0 spiro atoms. The van der Waals surface area contributed by atoms with Gasteiger partial charge in [-0.15, -0.1) is 0 Å². The fourth-order valence-corrected chi connectivity index (χ4v) is 2.79. The average molecular weight is 252 g/mol. The largest absolute Gasteiger partial charge is 0.327 e. The number of rotatable bonds is 3. The Hall–Kier alpha value is -0.860. The normalized spacial score (nSPS) is 28.3. The van der Waals surface area contributed by atoms with Crippen LogP contribution >= 0.6 is 11.6 Å². The van der Waals surface area contributed by atoms with Gasteiger partial charge in [0.15, 0.2) is 0 Å². The Morgan fingerprint density at radius 1 is 1.59 bits per heavy atom. The lowest BCUT2D eigenvalue weighted by Crippen LogP contribution is -2.41. The van der Waals surface area contributed by atoms with Gasteiger partial charge < -0.3 is 5.73 Å². The summed E-state index contributed by atoms with van der Waals surface area (Å²) in [5.41, 5.74) is 6.68. The third-order valence-electron chi connectivity index (χ3n) is 3.92. The van der Waals surface area contributed by atoms with Crippen molar-refractivity contribution in [3.63, 3.8) is 0 Å². The molecule has 0 aliphatic heterocycles. The van der Waals surface area contributed by atoms with Gasteiger partial charge in [-0.05, 0) is 30.5 Å². The average Bonchev–Trinajstić information content (AvgIpc) is 2.60. The molecule has 3 heteroatoms. The molecule has 0 saturated heterocycles. The van der Waals surface area contributed by atoms with Crippen LogP contribution in [-0.4, -0.2) is 11.8 Å². The van der Waals surface area contributed by atoms with Gasteiger partial charge in [0.05, 0.1) is 0 Å². The van der Waals surface area contributed by atoms with E-state index in [0.717, 1.165) is 24.8 Å². The van der Waals surface area contributed by atoms with E-state index in [0.29, 0.717) is 11.4 Å². The van der Waals surface area contributed by atoms with E-state index in [9.17, 15) is 4.79 Å². The summed E-state index contributed by atoms with van der Waals surface area (Å²) in [5.74, 6) is 0.241. The molecule has 2 N–H and O–H groups in total. The summed E-state index contributed by atoms with van der Waals surface area (Å²) in [7, 11) is 0. The zero-order chi connectivity index (χ0) is 12.5. The summed E-state index contributed by atoms with van der Waals surface area (Å²) in [6, 6.07) is 7.49. The molecule has 1 aliphatic carbocycles. The highest BCUT2D eigenvalue weighted by atomic mass is 35.5. The summed E-state index contributed by atoms with van der Waals surface area (Å²) >= 11 is 5.92. The molecule has 2 nitrogen and oxygen atoms in total. The maximum Gasteiger partial charge on any atom is 0.144 e. The second kappa shape index (κ2) is 4.79. The van der Waals surface area contributed by atoms with E-state index in [2.05, 4.69) is 0 Å². The summed E-state index contributed by atoms with van der Waals surface area (Å²) < 4.78 is 0. The summed E-state index contributed by atoms with van der Waals surface area (Å²) in [6.07, 6.45) is 3.36. The van der Waals surface area contributed by atoms with E-state index >= 15 is 0 Å². The van der Waals surface area contributed by atoms with Crippen LogP contribution in [0.2, 0.25) is 5.02 Å². The fourth-order valence-electron chi connectivity index (χ4n) is 2.57. The zero-order valence-electron chi connectivity index (χ0n) is 10.1. The minimum Gasteiger partial charge on any atom is -0.327 e. The number of carbonyl (C=O) groups is 1. The maximum atomic E-state index is 12.3. The highest BCUT2D eigenvalue weighted by Gasteiger charge is 2.42. The molecule has 0 radical (unpaired) electrons. The van der Waals surface area contributed by atoms with Gasteiger partial charge in [-0.1, -0.05) is 37.1 Å². The Morgan fingerprint density at radius 3 is 2.94 bits per heavy atom. The summed E-state index contributed by atoms with van der Waals surface area (Å²) in [5, 5.41) is 0.677. The number of benzene rings is 1. The van der Waals surface area contributed by atoms with Gasteiger partial charge in [0.25, 0.3) is 0 Å². The molecule has 0 aromatic heterocycles. The van der Waals surface area contributed by atoms with Gasteiger partial charge in [-0.3, -0.25) is 4.79 Å². The quantitative estimate of drug-likeness (QED) is 0.898. The number of Topliss-reactive ketones (excluding diaryl/α,β-unsaturated/α-hetero) is 1. The van der Waals surface area contributed by atoms with E-state index in [1.807, 2.05) is 31.2 Å². The molecule has 1 fully saturated rings. The molecular formula is C14H18ClNO. The molecule has 1 aromatic carbocycles. The van der Waals surface area contributed by atoms with Gasteiger partial charge >= 0.3 is 0 Å². The van der Waals surface area contributed by atoms with E-state index < -0.39 is 0 Å². The second-order valence-electron chi connectivity index (χ2n) is 5.15. The van der Waals surface area contributed by atoms with E-state index in [-0.39, 0.29) is 17.2 Å². The summed E-state index contributed by atoms with van der Waals surface area (Å²) in [6.45, 7) is 2.00. The molecule has 1 aliphatic rings. The van der Waals surface area contributed by atoms with Gasteiger partial charge in [-0.25, -0.2) is 0 Å². The van der Waals surface area contributed by atoms with Gasteiger partial charge in [0.2, 0.25) is 0 Å². The van der Waals surface area contributed by atoms with Crippen molar-refractivity contribution in [2.45, 2.75) is 38.6 Å². The molecule has 92 valence electrons. The predicted octanol–water partition coefficient (Wildman–Crippen LogP) is 2.97. The van der Waals surface area contributed by atoms with Crippen LogP contribution in [0.1, 0.15) is 31.7 Å². The minimum atomic E-state index is -0.345. The van der Waals surface area contributed by atoms with E-state index in [1.165, 1.54) is 0 Å². The minimum absolute atomic E-state index is 0.00850. The number of hydrogen-bond acceptors (Lipinski definition) is 2. The molecule has 2 atom stereocenters. The lowest BCUT2D eigenvalue weighted by molar-refractivity contribution is -0.127. The van der Waals surface area contributed by atoms with Crippen LogP contribution in [-0.2, 0) is 11.2 Å². The SMILES string of the molecule is CC1(C(=O)Cc2cccc(Cl)c2)CCCC1N. The second-order valence-corrected chi connectivity index (χ2v) is 5.58. The van der Waals surface area contributed by atoms with Crippen LogP contribution < -0.4 is 5.73 Å². The lowest BCUT2D eigenvalue weighted by Gasteiger charge is -2.27. The number of halogens is 1. The third kappa shape index (κ3) is 2.53. The molecule has 2 unspecified atom stereocenters. The first kappa shape index (κ1) is 12.6. The monoisotopic (exact) mass is 251 g/mol. The van der Waals surface area contributed by atoms with E-state index in [4.69, 9.17) is 17.3 Å². The van der Waals surface area contributed by atoms with Crippen LogP contribution in [0, 0.1) is 5.41 Å². The molecule has 1 aromatic rings. The van der Waals surface area contributed by atoms with Crippen molar-refractivity contribution in [2.75, 3.05) is 0 Å². The highest BCUT2D eigenvalue weighted by molar-refractivity contribution is 6.30. The van der Waals surface area contributed by atoms with Gasteiger partial charge in [-0.2, -0.15) is 0 Å². The van der Waals surface area contributed by atoms with Gasteiger partial charge in [0.1, 0.15) is 5.78 Å². The number of hydrogen-bond donors (Lipinski definition) is 1. The van der Waals surface area contributed by atoms with Crippen molar-refractivity contribution in [1.29, 1.82) is 0 Å². The first-order chi connectivity index (χ1) is 8.02. The molecule has 17 heavy (non-hydrogen) atoms. The lowest BCUT2D eigenvalue weighted by atomic mass is 9.78. The predicted molar refractivity (Wildman–Crippen MR) is 70.1 cm³/mol. The van der Waals surface area contributed by atoms with Crippen LogP contribution in [0.5, 0.6) is 0 Å². The van der Waals surface area contributed by atoms with Crippen molar-refractivity contribution in [3.8, 4) is 0 Å². The topological polar surface area (TPSA) is 43.1 Å². The highest BCUT2D eigenvalue weighted by Crippen LogP contribution is 2.38. The Morgan fingerprint density at radius 2 is 2.35 bits per heavy atom. The molecule has 1 saturated carbocycles. The van der Waals surface area contributed by atoms with Crippen molar-refractivity contribution >= 4 is 17.4 Å². The Balaban J connectivity index is 2.12. The smallest absolute Gasteiger partial charge is 0.144 e. The third-order valence-corrected chi connectivity index (χ3v) is 4.16. The van der Waals surface area contributed by atoms with Crippen LogP contribution in [0.4, 0.5) is 0 Å². The van der Waals surface area contributed by atoms with Crippen LogP contribution in [0.25, 0.3) is 0 Å². The molecule has 2 rings (SSSR count). The molecule has 0 amide bonds. The fraction of sp³-hybridized carbons (Fsp3) is 0.500. The van der Waals surface area contributed by atoms with Crippen molar-refractivity contribution in [2.24, 2.45) is 11.1 Å². The standard InChI is InChI=1S/C14H18ClNO/c1-14(7-3-6-12(14)16)13(17)9-10-4-2-5-11(15)8-10/h2,4-5,8,12H,3,6-7,9,16H2,1H3. The Labute approximate surface area is 107 Å². The Kier molecular flexibility index (Phi) is 3.55. The number of nitrogens with two attached hydrogens (primary N) is 1. The molecular weight excluding hydrogens is 234 g/mol. The van der Waals surface area contributed by atoms with Crippen LogP contribution in [0.3, 0.4) is 0 Å². The zero-order valence-corrected chi connectivity index (χ0v) is 10.8. The summed E-state index contributed by atoms with van der Waals surface area (Å²) in [4.78, 5) is 12.3.